The standard InChI is InChI=1S/C13H11BrN2O2/c14-10-7-4-8-15-12(10)16-13(18)11(17)9-5-2-1-3-6-9/h1-8,11,17H,(H,15,16,18). The number of halogens is 1. The molecule has 1 unspecified atom stereocenters. The first-order valence-electron chi connectivity index (χ1n) is 5.33. The van der Waals surface area contributed by atoms with E-state index in [4.69, 9.17) is 0 Å². The van der Waals surface area contributed by atoms with Gasteiger partial charge in [0.05, 0.1) is 4.47 Å². The molecule has 0 aliphatic rings. The molecule has 1 heterocycles. The summed E-state index contributed by atoms with van der Waals surface area (Å²) in [6.07, 6.45) is 0.357. The fourth-order valence-electron chi connectivity index (χ4n) is 1.45. The van der Waals surface area contributed by atoms with Crippen LogP contribution in [0.4, 0.5) is 5.82 Å². The van der Waals surface area contributed by atoms with E-state index in [2.05, 4.69) is 26.2 Å². The van der Waals surface area contributed by atoms with E-state index in [1.165, 1.54) is 0 Å². The molecule has 0 spiro atoms. The highest BCUT2D eigenvalue weighted by atomic mass is 79.9. The van der Waals surface area contributed by atoms with Crippen LogP contribution in [0.5, 0.6) is 0 Å². The molecule has 2 aromatic rings. The number of nitrogens with one attached hydrogen (secondary N) is 1. The number of amides is 1. The van der Waals surface area contributed by atoms with Gasteiger partial charge in [-0.2, -0.15) is 0 Å². The SMILES string of the molecule is O=C(Nc1ncccc1Br)C(O)c1ccccc1. The van der Waals surface area contributed by atoms with E-state index in [1.54, 1.807) is 42.6 Å². The number of aliphatic hydroxyl groups excluding tert-OH is 1. The van der Waals surface area contributed by atoms with Crippen LogP contribution in [0.2, 0.25) is 0 Å². The molecule has 1 aromatic carbocycles. The molecule has 1 aromatic heterocycles. The summed E-state index contributed by atoms with van der Waals surface area (Å²) >= 11 is 3.27. The van der Waals surface area contributed by atoms with Gasteiger partial charge in [-0.1, -0.05) is 30.3 Å². The monoisotopic (exact) mass is 306 g/mol. The second-order valence-corrected chi connectivity index (χ2v) is 4.49. The highest BCUT2D eigenvalue weighted by molar-refractivity contribution is 9.10. The third-order valence-electron chi connectivity index (χ3n) is 2.36. The van der Waals surface area contributed by atoms with Gasteiger partial charge in [0.1, 0.15) is 5.82 Å². The minimum atomic E-state index is -1.21. The molecule has 0 bridgehead atoms. The predicted octanol–water partition coefficient (Wildman–Crippen LogP) is 2.52. The Balaban J connectivity index is 2.12. The molecule has 92 valence electrons. The van der Waals surface area contributed by atoms with E-state index in [0.717, 1.165) is 0 Å². The number of benzene rings is 1. The Hall–Kier alpha value is -1.72. The molecule has 5 heteroatoms. The summed E-state index contributed by atoms with van der Waals surface area (Å²) in [6.45, 7) is 0. The van der Waals surface area contributed by atoms with Gasteiger partial charge >= 0.3 is 0 Å². The number of carbonyl (C=O) groups excluding carboxylic acids is 1. The number of hydrogen-bond acceptors (Lipinski definition) is 3. The van der Waals surface area contributed by atoms with Crippen molar-refractivity contribution in [1.82, 2.24) is 4.98 Å². The molecule has 4 nitrogen and oxygen atoms in total. The van der Waals surface area contributed by atoms with E-state index < -0.39 is 12.0 Å². The summed E-state index contributed by atoms with van der Waals surface area (Å²) in [6, 6.07) is 12.2. The summed E-state index contributed by atoms with van der Waals surface area (Å²) < 4.78 is 0.665. The number of aliphatic hydroxyl groups is 1. The van der Waals surface area contributed by atoms with Gasteiger partial charge in [-0.3, -0.25) is 4.79 Å². The topological polar surface area (TPSA) is 62.2 Å². The second-order valence-electron chi connectivity index (χ2n) is 3.64. The summed E-state index contributed by atoms with van der Waals surface area (Å²) in [4.78, 5) is 15.8. The number of hydrogen-bond donors (Lipinski definition) is 2. The van der Waals surface area contributed by atoms with Crippen molar-refractivity contribution in [3.63, 3.8) is 0 Å². The summed E-state index contributed by atoms with van der Waals surface area (Å²) in [7, 11) is 0. The Morgan fingerprint density at radius 1 is 1.22 bits per heavy atom. The van der Waals surface area contributed by atoms with Gasteiger partial charge in [-0.25, -0.2) is 4.98 Å². The summed E-state index contributed by atoms with van der Waals surface area (Å²) in [5.41, 5.74) is 0.544. The minimum Gasteiger partial charge on any atom is -0.378 e. The number of aromatic nitrogens is 1. The van der Waals surface area contributed by atoms with Crippen LogP contribution >= 0.6 is 15.9 Å². The molecule has 18 heavy (non-hydrogen) atoms. The summed E-state index contributed by atoms with van der Waals surface area (Å²) in [5, 5.41) is 12.4. The molecule has 0 radical (unpaired) electrons. The fourth-order valence-corrected chi connectivity index (χ4v) is 1.80. The van der Waals surface area contributed by atoms with Crippen LogP contribution in [0.3, 0.4) is 0 Å². The van der Waals surface area contributed by atoms with Crippen molar-refractivity contribution in [1.29, 1.82) is 0 Å². The molecule has 0 aliphatic heterocycles. The maximum atomic E-state index is 11.8. The van der Waals surface area contributed by atoms with Crippen LogP contribution in [0.15, 0.2) is 53.1 Å². The molecule has 2 rings (SSSR count). The maximum Gasteiger partial charge on any atom is 0.259 e. The first kappa shape index (κ1) is 12.7. The van der Waals surface area contributed by atoms with Crippen molar-refractivity contribution in [2.45, 2.75) is 6.10 Å². The van der Waals surface area contributed by atoms with Gasteiger partial charge in [0.25, 0.3) is 5.91 Å². The molecule has 2 N–H and O–H groups in total. The molecule has 0 aliphatic carbocycles. The Bertz CT molecular complexity index is 546. The molecular weight excluding hydrogens is 296 g/mol. The smallest absolute Gasteiger partial charge is 0.259 e. The Labute approximate surface area is 113 Å². The van der Waals surface area contributed by atoms with Gasteiger partial charge in [0.15, 0.2) is 6.10 Å². The number of anilines is 1. The zero-order valence-corrected chi connectivity index (χ0v) is 11.0. The van der Waals surface area contributed by atoms with Crippen LogP contribution in [-0.2, 0) is 4.79 Å². The first-order chi connectivity index (χ1) is 8.68. The number of nitrogens with zero attached hydrogens (tertiary/aromatic N) is 1. The quantitative estimate of drug-likeness (QED) is 0.916. The van der Waals surface area contributed by atoms with Gasteiger partial charge in [0, 0.05) is 6.20 Å². The van der Waals surface area contributed by atoms with Crippen LogP contribution < -0.4 is 5.32 Å². The van der Waals surface area contributed by atoms with E-state index in [-0.39, 0.29) is 0 Å². The van der Waals surface area contributed by atoms with Crippen LogP contribution in [0, 0.1) is 0 Å². The van der Waals surface area contributed by atoms with Gasteiger partial charge in [-0.05, 0) is 33.6 Å². The molecular formula is C13H11BrN2O2. The van der Waals surface area contributed by atoms with E-state index in [9.17, 15) is 9.90 Å². The lowest BCUT2D eigenvalue weighted by Gasteiger charge is -2.11. The third-order valence-corrected chi connectivity index (χ3v) is 3.00. The normalized spacial score (nSPS) is 11.9. The van der Waals surface area contributed by atoms with Crippen molar-refractivity contribution in [2.24, 2.45) is 0 Å². The van der Waals surface area contributed by atoms with Crippen molar-refractivity contribution in [3.8, 4) is 0 Å². The zero-order valence-electron chi connectivity index (χ0n) is 9.38. The highest BCUT2D eigenvalue weighted by Gasteiger charge is 2.18. The lowest BCUT2D eigenvalue weighted by Crippen LogP contribution is -2.21. The predicted molar refractivity (Wildman–Crippen MR) is 72.0 cm³/mol. The molecule has 1 atom stereocenters. The average Bonchev–Trinajstić information content (AvgIpc) is 2.41. The number of carbonyl (C=O) groups is 1. The third kappa shape index (κ3) is 2.94. The van der Waals surface area contributed by atoms with E-state index >= 15 is 0 Å². The Kier molecular flexibility index (Phi) is 4.07. The first-order valence-corrected chi connectivity index (χ1v) is 6.12. The zero-order chi connectivity index (χ0) is 13.0. The molecule has 1 amide bonds. The van der Waals surface area contributed by atoms with Gasteiger partial charge in [-0.15, -0.1) is 0 Å². The Morgan fingerprint density at radius 2 is 1.94 bits per heavy atom. The van der Waals surface area contributed by atoms with Crippen LogP contribution in [-0.4, -0.2) is 16.0 Å². The highest BCUT2D eigenvalue weighted by Crippen LogP contribution is 2.20. The fraction of sp³-hybridized carbons (Fsp3) is 0.0769. The lowest BCUT2D eigenvalue weighted by molar-refractivity contribution is -0.124. The van der Waals surface area contributed by atoms with E-state index in [0.29, 0.717) is 15.9 Å². The van der Waals surface area contributed by atoms with Crippen LogP contribution in [0.1, 0.15) is 11.7 Å². The van der Waals surface area contributed by atoms with Gasteiger partial charge in [0.2, 0.25) is 0 Å². The number of pyridine rings is 1. The molecule has 0 fully saturated rings. The minimum absolute atomic E-state index is 0.387. The molecule has 0 saturated heterocycles. The Morgan fingerprint density at radius 3 is 2.61 bits per heavy atom. The number of rotatable bonds is 3. The van der Waals surface area contributed by atoms with Crippen molar-refractivity contribution in [3.05, 3.63) is 58.7 Å². The van der Waals surface area contributed by atoms with Crippen molar-refractivity contribution in [2.75, 3.05) is 5.32 Å². The molecule has 0 saturated carbocycles. The maximum absolute atomic E-state index is 11.8. The van der Waals surface area contributed by atoms with Gasteiger partial charge < -0.3 is 10.4 Å². The second kappa shape index (κ2) is 5.75. The van der Waals surface area contributed by atoms with Crippen LogP contribution in [0.25, 0.3) is 0 Å². The lowest BCUT2D eigenvalue weighted by atomic mass is 10.1. The van der Waals surface area contributed by atoms with E-state index in [1.807, 2.05) is 6.07 Å². The average molecular weight is 307 g/mol. The summed E-state index contributed by atoms with van der Waals surface area (Å²) in [5.74, 6) is -0.127. The van der Waals surface area contributed by atoms with Crippen molar-refractivity contribution >= 4 is 27.7 Å². The van der Waals surface area contributed by atoms with Crippen molar-refractivity contribution < 1.29 is 9.90 Å². The largest absolute Gasteiger partial charge is 0.378 e.